The Bertz CT molecular complexity index is 1010. The van der Waals surface area contributed by atoms with E-state index in [0.717, 1.165) is 17.7 Å². The molecule has 0 aromatic heterocycles. The summed E-state index contributed by atoms with van der Waals surface area (Å²) in [6, 6.07) is 10.0. The zero-order valence-electron chi connectivity index (χ0n) is 17.1. The average molecular weight is 460 g/mol. The van der Waals surface area contributed by atoms with Crippen molar-refractivity contribution in [3.05, 3.63) is 48.0 Å². The third kappa shape index (κ3) is 5.81. The highest BCUT2D eigenvalue weighted by Gasteiger charge is 2.33. The van der Waals surface area contributed by atoms with Gasteiger partial charge in [-0.2, -0.15) is 4.31 Å². The van der Waals surface area contributed by atoms with Gasteiger partial charge in [-0.1, -0.05) is 12.1 Å². The first kappa shape index (κ1) is 23.2. The number of alkyl halides is 3. The summed E-state index contributed by atoms with van der Waals surface area (Å²) in [6.07, 6.45) is -4.89. The summed E-state index contributed by atoms with van der Waals surface area (Å²) in [6.45, 7) is 2.00. The van der Waals surface area contributed by atoms with Crippen molar-refractivity contribution in [3.8, 4) is 17.2 Å². The number of methoxy groups -OCH3 is 2. The number of benzene rings is 2. The molecule has 2 aromatic rings. The Labute approximate surface area is 179 Å². The van der Waals surface area contributed by atoms with E-state index in [1.54, 1.807) is 14.2 Å². The minimum Gasteiger partial charge on any atom is -0.493 e. The van der Waals surface area contributed by atoms with Gasteiger partial charge in [0, 0.05) is 38.8 Å². The summed E-state index contributed by atoms with van der Waals surface area (Å²) in [5.41, 5.74) is 0.992. The zero-order chi connectivity index (χ0) is 22.6. The van der Waals surface area contributed by atoms with E-state index in [0.29, 0.717) is 31.1 Å². The third-order valence-corrected chi connectivity index (χ3v) is 6.76. The number of hydrogen-bond acceptors (Lipinski definition) is 6. The van der Waals surface area contributed by atoms with Gasteiger partial charge in [0.1, 0.15) is 5.75 Å². The van der Waals surface area contributed by atoms with Crippen molar-refractivity contribution in [3.63, 3.8) is 0 Å². The number of hydrogen-bond donors (Lipinski definition) is 0. The molecular weight excluding hydrogens is 437 g/mol. The predicted octanol–water partition coefficient (Wildman–Crippen LogP) is 3.11. The van der Waals surface area contributed by atoms with Crippen LogP contribution < -0.4 is 14.2 Å². The highest BCUT2D eigenvalue weighted by atomic mass is 32.2. The van der Waals surface area contributed by atoms with Gasteiger partial charge in [0.2, 0.25) is 10.0 Å². The lowest BCUT2D eigenvalue weighted by atomic mass is 10.1. The fourth-order valence-electron chi connectivity index (χ4n) is 3.35. The standard InChI is InChI=1S/C20H23F3N2O5S/c1-28-18-7-6-15(12-19(18)29-2)14-24-8-10-25(11-9-24)31(26,27)17-5-3-4-16(13-17)30-20(21,22)23/h3-7,12-13H,8-11,14H2,1-2H3. The van der Waals surface area contributed by atoms with Crippen LogP contribution in [0.15, 0.2) is 47.4 Å². The second-order valence-corrected chi connectivity index (χ2v) is 8.83. The van der Waals surface area contributed by atoms with Crippen LogP contribution in [0.4, 0.5) is 13.2 Å². The van der Waals surface area contributed by atoms with Crippen molar-refractivity contribution in [1.82, 2.24) is 9.21 Å². The molecule has 0 atom stereocenters. The Hall–Kier alpha value is -2.50. The van der Waals surface area contributed by atoms with Crippen LogP contribution in [0.3, 0.4) is 0 Å². The van der Waals surface area contributed by atoms with Gasteiger partial charge in [0.15, 0.2) is 11.5 Å². The molecule has 0 amide bonds. The molecule has 1 saturated heterocycles. The molecule has 0 unspecified atom stereocenters. The van der Waals surface area contributed by atoms with Crippen molar-refractivity contribution in [2.45, 2.75) is 17.8 Å². The van der Waals surface area contributed by atoms with Crippen molar-refractivity contribution in [2.24, 2.45) is 0 Å². The summed E-state index contributed by atoms with van der Waals surface area (Å²) in [5, 5.41) is 0. The molecule has 7 nitrogen and oxygen atoms in total. The van der Waals surface area contributed by atoms with E-state index in [4.69, 9.17) is 9.47 Å². The maximum absolute atomic E-state index is 12.9. The van der Waals surface area contributed by atoms with Gasteiger partial charge < -0.3 is 14.2 Å². The first-order valence-corrected chi connectivity index (χ1v) is 10.9. The molecule has 0 bridgehead atoms. The maximum Gasteiger partial charge on any atom is 0.573 e. The maximum atomic E-state index is 12.9. The van der Waals surface area contributed by atoms with Crippen molar-refractivity contribution < 1.29 is 35.8 Å². The van der Waals surface area contributed by atoms with E-state index in [1.807, 2.05) is 18.2 Å². The van der Waals surface area contributed by atoms with Crippen molar-refractivity contribution in [2.75, 3.05) is 40.4 Å². The highest BCUT2D eigenvalue weighted by molar-refractivity contribution is 7.89. The van der Waals surface area contributed by atoms with Gasteiger partial charge >= 0.3 is 6.36 Å². The largest absolute Gasteiger partial charge is 0.573 e. The van der Waals surface area contributed by atoms with Crippen LogP contribution in [-0.2, 0) is 16.6 Å². The number of ether oxygens (including phenoxy) is 3. The molecule has 0 N–H and O–H groups in total. The highest BCUT2D eigenvalue weighted by Crippen LogP contribution is 2.29. The molecule has 1 fully saturated rings. The summed E-state index contributed by atoms with van der Waals surface area (Å²) in [5.74, 6) is 0.668. The Morgan fingerprint density at radius 3 is 2.23 bits per heavy atom. The zero-order valence-corrected chi connectivity index (χ0v) is 17.9. The van der Waals surface area contributed by atoms with Crippen LogP contribution in [0, 0.1) is 0 Å². The minimum absolute atomic E-state index is 0.222. The molecule has 1 aliphatic rings. The Kier molecular flexibility index (Phi) is 6.97. The molecule has 0 spiro atoms. The Morgan fingerprint density at radius 2 is 1.61 bits per heavy atom. The second kappa shape index (κ2) is 9.33. The first-order valence-electron chi connectivity index (χ1n) is 9.41. The molecule has 11 heteroatoms. The average Bonchev–Trinajstić information content (AvgIpc) is 2.73. The lowest BCUT2D eigenvalue weighted by molar-refractivity contribution is -0.274. The fraction of sp³-hybridized carbons (Fsp3) is 0.400. The molecule has 2 aromatic carbocycles. The van der Waals surface area contributed by atoms with Crippen LogP contribution in [0.5, 0.6) is 17.2 Å². The van der Waals surface area contributed by atoms with Crippen LogP contribution in [-0.4, -0.2) is 64.4 Å². The summed E-state index contributed by atoms with van der Waals surface area (Å²) >= 11 is 0. The first-order chi connectivity index (χ1) is 14.6. The molecular formula is C20H23F3N2O5S. The summed E-state index contributed by atoms with van der Waals surface area (Å²) in [4.78, 5) is 1.86. The number of rotatable bonds is 7. The molecule has 0 radical (unpaired) electrons. The molecule has 31 heavy (non-hydrogen) atoms. The smallest absolute Gasteiger partial charge is 0.493 e. The number of halogens is 3. The molecule has 0 saturated carbocycles. The van der Waals surface area contributed by atoms with Crippen molar-refractivity contribution in [1.29, 1.82) is 0 Å². The van der Waals surface area contributed by atoms with Gasteiger partial charge in [-0.15, -0.1) is 13.2 Å². The number of nitrogens with zero attached hydrogens (tertiary/aromatic N) is 2. The van der Waals surface area contributed by atoms with Crippen molar-refractivity contribution >= 4 is 10.0 Å². The van der Waals surface area contributed by atoms with Gasteiger partial charge in [0.25, 0.3) is 0 Å². The van der Waals surface area contributed by atoms with E-state index in [-0.39, 0.29) is 18.0 Å². The Balaban J connectivity index is 1.64. The quantitative estimate of drug-likeness (QED) is 0.633. The van der Waals surface area contributed by atoms with E-state index < -0.39 is 22.1 Å². The van der Waals surface area contributed by atoms with Gasteiger partial charge in [-0.25, -0.2) is 8.42 Å². The van der Waals surface area contributed by atoms with E-state index in [2.05, 4.69) is 9.64 Å². The third-order valence-electron chi connectivity index (χ3n) is 4.86. The van der Waals surface area contributed by atoms with Gasteiger partial charge in [-0.05, 0) is 29.8 Å². The lowest BCUT2D eigenvalue weighted by Gasteiger charge is -2.34. The van der Waals surface area contributed by atoms with Crippen LogP contribution in [0.2, 0.25) is 0 Å². The van der Waals surface area contributed by atoms with E-state index >= 15 is 0 Å². The second-order valence-electron chi connectivity index (χ2n) is 6.89. The van der Waals surface area contributed by atoms with Crippen LogP contribution in [0.25, 0.3) is 0 Å². The Morgan fingerprint density at radius 1 is 0.935 bits per heavy atom. The molecule has 170 valence electrons. The summed E-state index contributed by atoms with van der Waals surface area (Å²) < 4.78 is 78.7. The SMILES string of the molecule is COc1ccc(CN2CCN(S(=O)(=O)c3cccc(OC(F)(F)F)c3)CC2)cc1OC. The minimum atomic E-state index is -4.89. The van der Waals surface area contributed by atoms with Crippen LogP contribution in [0.1, 0.15) is 5.56 Å². The molecule has 1 aliphatic heterocycles. The summed E-state index contributed by atoms with van der Waals surface area (Å²) in [7, 11) is -0.820. The lowest BCUT2D eigenvalue weighted by Crippen LogP contribution is -2.48. The van der Waals surface area contributed by atoms with Gasteiger partial charge in [0.05, 0.1) is 19.1 Å². The van der Waals surface area contributed by atoms with Crippen LogP contribution >= 0.6 is 0 Å². The van der Waals surface area contributed by atoms with E-state index in [9.17, 15) is 21.6 Å². The molecule has 3 rings (SSSR count). The molecule has 1 heterocycles. The monoisotopic (exact) mass is 460 g/mol. The number of sulfonamides is 1. The van der Waals surface area contributed by atoms with Gasteiger partial charge in [-0.3, -0.25) is 4.90 Å². The molecule has 0 aliphatic carbocycles. The fourth-order valence-corrected chi connectivity index (χ4v) is 4.80. The van der Waals surface area contributed by atoms with E-state index in [1.165, 1.54) is 16.4 Å². The number of piperazine rings is 1. The topological polar surface area (TPSA) is 68.3 Å². The predicted molar refractivity (Wildman–Crippen MR) is 107 cm³/mol. The normalized spacial score (nSPS) is 16.2.